The number of nitrogens with one attached hydrogen (secondary N) is 1. The number of likely N-dealkylation sites (N-methyl/N-ethyl adjacent to an activating group) is 1. The summed E-state index contributed by atoms with van der Waals surface area (Å²) in [5.41, 5.74) is 3.37. The molecule has 1 unspecified atom stereocenters. The highest BCUT2D eigenvalue weighted by Gasteiger charge is 2.20. The Morgan fingerprint density at radius 3 is 2.55 bits per heavy atom. The largest absolute Gasteiger partial charge is 0.313 e. The van der Waals surface area contributed by atoms with Crippen LogP contribution in [0, 0.1) is 25.5 Å². The van der Waals surface area contributed by atoms with Crippen molar-refractivity contribution in [1.29, 1.82) is 0 Å². The topological polar surface area (TPSA) is 29.9 Å². The van der Waals surface area contributed by atoms with Gasteiger partial charge in [0.2, 0.25) is 0 Å². The van der Waals surface area contributed by atoms with Crippen molar-refractivity contribution < 1.29 is 8.78 Å². The molecule has 0 bridgehead atoms. The lowest BCUT2D eigenvalue weighted by atomic mass is 9.97. The second-order valence-electron chi connectivity index (χ2n) is 4.96. The van der Waals surface area contributed by atoms with E-state index in [4.69, 9.17) is 0 Å². The van der Waals surface area contributed by atoms with Gasteiger partial charge in [0, 0.05) is 24.3 Å². The van der Waals surface area contributed by atoms with Gasteiger partial charge < -0.3 is 5.32 Å². The SMILES string of the molecule is CNC(Cc1c(C)nn(C)c1C)c1cccc(F)c1F. The third kappa shape index (κ3) is 2.58. The Hall–Kier alpha value is -1.75. The van der Waals surface area contributed by atoms with Crippen LogP contribution in [0.5, 0.6) is 0 Å². The third-order valence-corrected chi connectivity index (χ3v) is 3.77. The predicted molar refractivity (Wildman–Crippen MR) is 74.5 cm³/mol. The van der Waals surface area contributed by atoms with Crippen LogP contribution >= 0.6 is 0 Å². The molecule has 1 atom stereocenters. The summed E-state index contributed by atoms with van der Waals surface area (Å²) in [7, 11) is 3.62. The summed E-state index contributed by atoms with van der Waals surface area (Å²) in [5.74, 6) is -1.60. The number of halogens is 2. The zero-order valence-electron chi connectivity index (χ0n) is 12.2. The zero-order valence-corrected chi connectivity index (χ0v) is 12.2. The number of benzene rings is 1. The van der Waals surface area contributed by atoms with Gasteiger partial charge in [-0.1, -0.05) is 12.1 Å². The number of hydrogen-bond donors (Lipinski definition) is 1. The van der Waals surface area contributed by atoms with Gasteiger partial charge in [0.25, 0.3) is 0 Å². The first-order valence-corrected chi connectivity index (χ1v) is 6.56. The Morgan fingerprint density at radius 1 is 1.30 bits per heavy atom. The van der Waals surface area contributed by atoms with Crippen molar-refractivity contribution >= 4 is 0 Å². The van der Waals surface area contributed by atoms with Crippen molar-refractivity contribution in [2.75, 3.05) is 7.05 Å². The fourth-order valence-corrected chi connectivity index (χ4v) is 2.47. The quantitative estimate of drug-likeness (QED) is 0.932. The molecule has 108 valence electrons. The maximum absolute atomic E-state index is 13.9. The fourth-order valence-electron chi connectivity index (χ4n) is 2.47. The van der Waals surface area contributed by atoms with Crippen LogP contribution in [0.3, 0.4) is 0 Å². The highest BCUT2D eigenvalue weighted by Crippen LogP contribution is 2.25. The number of aromatic nitrogens is 2. The molecule has 20 heavy (non-hydrogen) atoms. The Morgan fingerprint density at radius 2 is 2.00 bits per heavy atom. The minimum Gasteiger partial charge on any atom is -0.313 e. The van der Waals surface area contributed by atoms with E-state index in [1.54, 1.807) is 17.8 Å². The number of aryl methyl sites for hydroxylation is 2. The second-order valence-corrected chi connectivity index (χ2v) is 4.96. The highest BCUT2D eigenvalue weighted by atomic mass is 19.2. The molecule has 0 radical (unpaired) electrons. The van der Waals surface area contributed by atoms with Gasteiger partial charge in [0.05, 0.1) is 5.69 Å². The molecule has 0 spiro atoms. The summed E-state index contributed by atoms with van der Waals surface area (Å²) >= 11 is 0. The molecule has 0 aliphatic rings. The predicted octanol–water partition coefficient (Wildman–Crippen LogP) is 2.82. The molecular formula is C15H19F2N3. The lowest BCUT2D eigenvalue weighted by Crippen LogP contribution is -2.21. The summed E-state index contributed by atoms with van der Waals surface area (Å²) in [6.45, 7) is 3.90. The second kappa shape index (κ2) is 5.71. The Kier molecular flexibility index (Phi) is 4.18. The van der Waals surface area contributed by atoms with Crippen LogP contribution in [0.4, 0.5) is 8.78 Å². The number of hydrogen-bond acceptors (Lipinski definition) is 2. The van der Waals surface area contributed by atoms with E-state index in [1.165, 1.54) is 6.07 Å². The summed E-state index contributed by atoms with van der Waals surface area (Å²) in [6.07, 6.45) is 0.572. The highest BCUT2D eigenvalue weighted by molar-refractivity contribution is 5.30. The maximum Gasteiger partial charge on any atom is 0.163 e. The molecule has 3 nitrogen and oxygen atoms in total. The number of rotatable bonds is 4. The molecule has 1 aromatic heterocycles. The van der Waals surface area contributed by atoms with E-state index in [0.717, 1.165) is 23.0 Å². The van der Waals surface area contributed by atoms with Crippen LogP contribution in [-0.4, -0.2) is 16.8 Å². The van der Waals surface area contributed by atoms with Crippen LogP contribution in [0.1, 0.15) is 28.6 Å². The van der Waals surface area contributed by atoms with Crippen molar-refractivity contribution in [1.82, 2.24) is 15.1 Å². The van der Waals surface area contributed by atoms with Crippen LogP contribution in [-0.2, 0) is 13.5 Å². The van der Waals surface area contributed by atoms with Crippen LogP contribution < -0.4 is 5.32 Å². The normalized spacial score (nSPS) is 12.7. The molecule has 0 aliphatic carbocycles. The molecule has 0 aliphatic heterocycles. The Balaban J connectivity index is 2.36. The van der Waals surface area contributed by atoms with Crippen LogP contribution in [0.2, 0.25) is 0 Å². The molecule has 2 rings (SSSR count). The van der Waals surface area contributed by atoms with Gasteiger partial charge in [-0.15, -0.1) is 0 Å². The van der Waals surface area contributed by atoms with E-state index in [1.807, 2.05) is 20.9 Å². The van der Waals surface area contributed by atoms with Crippen molar-refractivity contribution in [2.45, 2.75) is 26.3 Å². The van der Waals surface area contributed by atoms with E-state index in [0.29, 0.717) is 12.0 Å². The summed E-state index contributed by atoms with van der Waals surface area (Å²) in [4.78, 5) is 0. The van der Waals surface area contributed by atoms with E-state index in [9.17, 15) is 8.78 Å². The molecule has 0 fully saturated rings. The van der Waals surface area contributed by atoms with Gasteiger partial charge in [-0.05, 0) is 38.9 Å². The van der Waals surface area contributed by atoms with E-state index >= 15 is 0 Å². The fraction of sp³-hybridized carbons (Fsp3) is 0.400. The van der Waals surface area contributed by atoms with Crippen molar-refractivity contribution in [3.63, 3.8) is 0 Å². The molecule has 0 saturated heterocycles. The van der Waals surface area contributed by atoms with Gasteiger partial charge in [0.1, 0.15) is 0 Å². The summed E-state index contributed by atoms with van der Waals surface area (Å²) < 4.78 is 29.1. The van der Waals surface area contributed by atoms with Crippen molar-refractivity contribution in [3.05, 3.63) is 52.3 Å². The standard InChI is InChI=1S/C15H19F2N3/c1-9-12(10(2)20(4)19-9)8-14(18-3)11-6-5-7-13(16)15(11)17/h5-7,14,18H,8H2,1-4H3. The maximum atomic E-state index is 13.9. The van der Waals surface area contributed by atoms with Gasteiger partial charge in [-0.25, -0.2) is 8.78 Å². The molecule has 0 amide bonds. The molecule has 5 heteroatoms. The van der Waals surface area contributed by atoms with Crippen LogP contribution in [0.25, 0.3) is 0 Å². The van der Waals surface area contributed by atoms with E-state index in [2.05, 4.69) is 10.4 Å². The molecule has 1 heterocycles. The Labute approximate surface area is 117 Å². The van der Waals surface area contributed by atoms with Gasteiger partial charge >= 0.3 is 0 Å². The van der Waals surface area contributed by atoms with Crippen molar-refractivity contribution in [3.8, 4) is 0 Å². The van der Waals surface area contributed by atoms with Crippen LogP contribution in [0.15, 0.2) is 18.2 Å². The number of nitrogens with zero attached hydrogens (tertiary/aromatic N) is 2. The van der Waals surface area contributed by atoms with Crippen molar-refractivity contribution in [2.24, 2.45) is 7.05 Å². The van der Waals surface area contributed by atoms with Gasteiger partial charge in [-0.2, -0.15) is 5.10 Å². The lowest BCUT2D eigenvalue weighted by Gasteiger charge is -2.18. The first kappa shape index (κ1) is 14.7. The average Bonchev–Trinajstić information content (AvgIpc) is 2.65. The average molecular weight is 279 g/mol. The minimum absolute atomic E-state index is 0.285. The molecule has 0 saturated carbocycles. The first-order chi connectivity index (χ1) is 9.45. The summed E-state index contributed by atoms with van der Waals surface area (Å²) in [6, 6.07) is 3.99. The molecule has 1 N–H and O–H groups in total. The molecule has 1 aromatic carbocycles. The Bertz CT molecular complexity index is 620. The third-order valence-electron chi connectivity index (χ3n) is 3.77. The van der Waals surface area contributed by atoms with Gasteiger partial charge in [-0.3, -0.25) is 4.68 Å². The van der Waals surface area contributed by atoms with E-state index in [-0.39, 0.29) is 6.04 Å². The molecule has 2 aromatic rings. The summed E-state index contributed by atoms with van der Waals surface area (Å²) in [5, 5.41) is 7.41. The first-order valence-electron chi connectivity index (χ1n) is 6.56. The zero-order chi connectivity index (χ0) is 14.9. The lowest BCUT2D eigenvalue weighted by molar-refractivity contribution is 0.472. The minimum atomic E-state index is -0.817. The molecular weight excluding hydrogens is 260 g/mol. The van der Waals surface area contributed by atoms with E-state index < -0.39 is 11.6 Å². The monoisotopic (exact) mass is 279 g/mol. The van der Waals surface area contributed by atoms with Gasteiger partial charge in [0.15, 0.2) is 11.6 Å². The smallest absolute Gasteiger partial charge is 0.163 e.